The summed E-state index contributed by atoms with van der Waals surface area (Å²) < 4.78 is 0. The Labute approximate surface area is 118 Å². The van der Waals surface area contributed by atoms with E-state index in [-0.39, 0.29) is 11.8 Å². The topological polar surface area (TPSA) is 70.2 Å². The maximum atomic E-state index is 12.1. The van der Waals surface area contributed by atoms with Gasteiger partial charge in [0.15, 0.2) is 0 Å². The molecule has 1 aliphatic heterocycles. The number of hydrogen-bond donors (Lipinski definition) is 3. The maximum Gasteiger partial charge on any atom is 0.251 e. The lowest BCUT2D eigenvalue weighted by Gasteiger charge is -2.21. The van der Waals surface area contributed by atoms with E-state index in [4.69, 9.17) is 0 Å². The van der Waals surface area contributed by atoms with Gasteiger partial charge in [0.2, 0.25) is 5.91 Å². The Hall–Kier alpha value is -2.14. The highest BCUT2D eigenvalue weighted by molar-refractivity contribution is 6.04. The van der Waals surface area contributed by atoms with Crippen molar-refractivity contribution >= 4 is 23.2 Å². The molecular weight excluding hydrogens is 254 g/mol. The first kappa shape index (κ1) is 14.3. The minimum absolute atomic E-state index is 0.0758. The predicted octanol–water partition coefficient (Wildman–Crippen LogP) is 1.81. The third-order valence-electron chi connectivity index (χ3n) is 3.34. The molecule has 5 nitrogen and oxygen atoms in total. The molecule has 1 fully saturated rings. The van der Waals surface area contributed by atoms with Crippen LogP contribution in [0, 0.1) is 6.92 Å². The summed E-state index contributed by atoms with van der Waals surface area (Å²) in [4.78, 5) is 23.1. The summed E-state index contributed by atoms with van der Waals surface area (Å²) >= 11 is 0. The van der Waals surface area contributed by atoms with Gasteiger partial charge >= 0.3 is 0 Å². The summed E-state index contributed by atoms with van der Waals surface area (Å²) in [5.41, 5.74) is 4.32. The van der Waals surface area contributed by atoms with Gasteiger partial charge in [-0.25, -0.2) is 0 Å². The predicted molar refractivity (Wildman–Crippen MR) is 79.7 cm³/mol. The van der Waals surface area contributed by atoms with Crippen LogP contribution in [0.3, 0.4) is 0 Å². The summed E-state index contributed by atoms with van der Waals surface area (Å²) in [6.07, 6.45) is 0. The van der Waals surface area contributed by atoms with Crippen LogP contribution < -0.4 is 16.0 Å². The summed E-state index contributed by atoms with van der Waals surface area (Å²) in [6.45, 7) is 6.78. The molecule has 106 valence electrons. The molecule has 0 atom stereocenters. The smallest absolute Gasteiger partial charge is 0.251 e. The SMILES string of the molecule is CC(=O)Nc1ccc(NC(=O)C(C)=C2CNC2)cc1C. The highest BCUT2D eigenvalue weighted by atomic mass is 16.2. The molecule has 0 spiro atoms. The maximum absolute atomic E-state index is 12.1. The van der Waals surface area contributed by atoms with Crippen LogP contribution in [0.5, 0.6) is 0 Å². The number of rotatable bonds is 3. The fraction of sp³-hybridized carbons (Fsp3) is 0.333. The van der Waals surface area contributed by atoms with E-state index in [1.165, 1.54) is 6.92 Å². The molecule has 0 aliphatic carbocycles. The Morgan fingerprint density at radius 2 is 1.85 bits per heavy atom. The normalized spacial score (nSPS) is 13.4. The number of amides is 2. The Balaban J connectivity index is 2.08. The highest BCUT2D eigenvalue weighted by Crippen LogP contribution is 2.20. The second kappa shape index (κ2) is 5.88. The van der Waals surface area contributed by atoms with Gasteiger partial charge < -0.3 is 16.0 Å². The molecule has 1 heterocycles. The van der Waals surface area contributed by atoms with Crippen LogP contribution in [0.15, 0.2) is 29.3 Å². The minimum atomic E-state index is -0.108. The first-order valence-corrected chi connectivity index (χ1v) is 6.56. The molecule has 0 aromatic heterocycles. The summed E-state index contributed by atoms with van der Waals surface area (Å²) in [5, 5.41) is 8.74. The summed E-state index contributed by atoms with van der Waals surface area (Å²) in [7, 11) is 0. The molecule has 0 saturated carbocycles. The first-order valence-electron chi connectivity index (χ1n) is 6.56. The molecule has 0 unspecified atom stereocenters. The lowest BCUT2D eigenvalue weighted by molar-refractivity contribution is -0.114. The number of benzene rings is 1. The number of nitrogens with one attached hydrogen (secondary N) is 3. The number of anilines is 2. The van der Waals surface area contributed by atoms with Crippen LogP contribution >= 0.6 is 0 Å². The van der Waals surface area contributed by atoms with Gasteiger partial charge in [0, 0.05) is 37.0 Å². The number of aryl methyl sites for hydroxylation is 1. The molecular formula is C15H19N3O2. The molecule has 2 rings (SSSR count). The van der Waals surface area contributed by atoms with Gasteiger partial charge in [-0.1, -0.05) is 0 Å². The van der Waals surface area contributed by atoms with Crippen molar-refractivity contribution in [3.63, 3.8) is 0 Å². The zero-order chi connectivity index (χ0) is 14.7. The van der Waals surface area contributed by atoms with E-state index in [9.17, 15) is 9.59 Å². The van der Waals surface area contributed by atoms with Gasteiger partial charge in [0.1, 0.15) is 0 Å². The first-order chi connectivity index (χ1) is 9.47. The molecule has 0 radical (unpaired) electrons. The zero-order valence-electron chi connectivity index (χ0n) is 12.0. The number of carbonyl (C=O) groups excluding carboxylic acids is 2. The van der Waals surface area contributed by atoms with Gasteiger partial charge in [-0.3, -0.25) is 9.59 Å². The molecule has 1 aromatic rings. The molecule has 1 aromatic carbocycles. The van der Waals surface area contributed by atoms with E-state index in [2.05, 4.69) is 16.0 Å². The van der Waals surface area contributed by atoms with Crippen LogP contribution in [0.25, 0.3) is 0 Å². The van der Waals surface area contributed by atoms with Crippen LogP contribution in [-0.2, 0) is 9.59 Å². The zero-order valence-corrected chi connectivity index (χ0v) is 12.0. The second-order valence-electron chi connectivity index (χ2n) is 5.00. The summed E-state index contributed by atoms with van der Waals surface area (Å²) in [6, 6.07) is 5.42. The van der Waals surface area contributed by atoms with Gasteiger partial charge in [-0.2, -0.15) is 0 Å². The van der Waals surface area contributed by atoms with Crippen molar-refractivity contribution in [2.24, 2.45) is 0 Å². The van der Waals surface area contributed by atoms with Crippen molar-refractivity contribution in [2.45, 2.75) is 20.8 Å². The van der Waals surface area contributed by atoms with Crippen LogP contribution in [0.2, 0.25) is 0 Å². The van der Waals surface area contributed by atoms with Gasteiger partial charge in [0.25, 0.3) is 5.91 Å². The lowest BCUT2D eigenvalue weighted by atomic mass is 10.0. The van der Waals surface area contributed by atoms with Gasteiger partial charge in [-0.15, -0.1) is 0 Å². The van der Waals surface area contributed by atoms with E-state index in [1.54, 1.807) is 12.1 Å². The Morgan fingerprint density at radius 1 is 1.15 bits per heavy atom. The second-order valence-corrected chi connectivity index (χ2v) is 5.00. The van der Waals surface area contributed by atoms with Crippen molar-refractivity contribution in [1.29, 1.82) is 0 Å². The quantitative estimate of drug-likeness (QED) is 0.736. The van der Waals surface area contributed by atoms with Crippen LogP contribution in [-0.4, -0.2) is 24.9 Å². The largest absolute Gasteiger partial charge is 0.326 e. The molecule has 20 heavy (non-hydrogen) atoms. The third-order valence-corrected chi connectivity index (χ3v) is 3.34. The fourth-order valence-electron chi connectivity index (χ4n) is 1.97. The van der Waals surface area contributed by atoms with E-state index in [0.29, 0.717) is 0 Å². The van der Waals surface area contributed by atoms with E-state index >= 15 is 0 Å². The minimum Gasteiger partial charge on any atom is -0.326 e. The third kappa shape index (κ3) is 3.24. The van der Waals surface area contributed by atoms with Crippen molar-refractivity contribution in [3.05, 3.63) is 34.9 Å². The van der Waals surface area contributed by atoms with Crippen molar-refractivity contribution in [1.82, 2.24) is 5.32 Å². The fourth-order valence-corrected chi connectivity index (χ4v) is 1.97. The van der Waals surface area contributed by atoms with E-state index < -0.39 is 0 Å². The monoisotopic (exact) mass is 273 g/mol. The van der Waals surface area contributed by atoms with Crippen molar-refractivity contribution in [2.75, 3.05) is 23.7 Å². The number of hydrogen-bond acceptors (Lipinski definition) is 3. The average molecular weight is 273 g/mol. The Morgan fingerprint density at radius 3 is 2.35 bits per heavy atom. The summed E-state index contributed by atoms with van der Waals surface area (Å²) in [5.74, 6) is -0.184. The number of carbonyl (C=O) groups is 2. The molecule has 1 saturated heterocycles. The Bertz CT molecular complexity index is 585. The highest BCUT2D eigenvalue weighted by Gasteiger charge is 2.16. The molecule has 3 N–H and O–H groups in total. The van der Waals surface area contributed by atoms with Gasteiger partial charge in [-0.05, 0) is 43.2 Å². The Kier molecular flexibility index (Phi) is 4.20. The molecule has 1 aliphatic rings. The van der Waals surface area contributed by atoms with E-state index in [1.807, 2.05) is 19.9 Å². The molecule has 5 heteroatoms. The van der Waals surface area contributed by atoms with Crippen molar-refractivity contribution in [3.8, 4) is 0 Å². The lowest BCUT2D eigenvalue weighted by Crippen LogP contribution is -2.36. The molecule has 0 bridgehead atoms. The van der Waals surface area contributed by atoms with Crippen molar-refractivity contribution < 1.29 is 9.59 Å². The average Bonchev–Trinajstić information content (AvgIpc) is 2.30. The van der Waals surface area contributed by atoms with Crippen LogP contribution in [0.4, 0.5) is 11.4 Å². The van der Waals surface area contributed by atoms with Crippen LogP contribution in [0.1, 0.15) is 19.4 Å². The molecule has 2 amide bonds. The van der Waals surface area contributed by atoms with E-state index in [0.717, 1.165) is 41.2 Å². The standard InChI is InChI=1S/C15H19N3O2/c1-9-6-13(4-5-14(9)17-11(3)19)18-15(20)10(2)12-7-16-8-12/h4-6,16H,7-8H2,1-3H3,(H,17,19)(H,18,20). The van der Waals surface area contributed by atoms with Gasteiger partial charge in [0.05, 0.1) is 0 Å².